The van der Waals surface area contributed by atoms with Crippen LogP contribution in [0, 0.1) is 0 Å². The van der Waals surface area contributed by atoms with Crippen molar-refractivity contribution in [3.63, 3.8) is 0 Å². The number of hydrogen-bond donors (Lipinski definition) is 1. The number of amides is 1. The molecule has 5 nitrogen and oxygen atoms in total. The number of hydrogen-bond acceptors (Lipinski definition) is 4. The van der Waals surface area contributed by atoms with E-state index in [0.29, 0.717) is 31.5 Å². The predicted molar refractivity (Wildman–Crippen MR) is 75.6 cm³/mol. The maximum absolute atomic E-state index is 11.7. The van der Waals surface area contributed by atoms with Gasteiger partial charge in [0.25, 0.3) is 0 Å². The van der Waals surface area contributed by atoms with Crippen molar-refractivity contribution in [3.8, 4) is 5.75 Å². The highest BCUT2D eigenvalue weighted by Gasteiger charge is 2.10. The van der Waals surface area contributed by atoms with Gasteiger partial charge in [-0.05, 0) is 44.5 Å². The van der Waals surface area contributed by atoms with Crippen molar-refractivity contribution in [2.45, 2.75) is 26.7 Å². The molecular weight excluding hydrogens is 258 g/mol. The van der Waals surface area contributed by atoms with Crippen LogP contribution in [0.4, 0.5) is 0 Å². The van der Waals surface area contributed by atoms with Gasteiger partial charge in [-0.15, -0.1) is 0 Å². The Morgan fingerprint density at radius 1 is 1.15 bits per heavy atom. The van der Waals surface area contributed by atoms with Crippen LogP contribution in [0.3, 0.4) is 0 Å². The lowest BCUT2D eigenvalue weighted by atomic mass is 10.2. The van der Waals surface area contributed by atoms with Crippen LogP contribution in [0.25, 0.3) is 0 Å². The van der Waals surface area contributed by atoms with Gasteiger partial charge in [0.1, 0.15) is 5.75 Å². The number of ether oxygens (including phenoxy) is 1. The second-order valence-electron chi connectivity index (χ2n) is 4.35. The van der Waals surface area contributed by atoms with Crippen LogP contribution in [0.1, 0.15) is 37.0 Å². The number of rotatable bonds is 7. The second-order valence-corrected chi connectivity index (χ2v) is 4.35. The number of carbonyl (C=O) groups is 2. The Bertz CT molecular complexity index is 438. The van der Waals surface area contributed by atoms with Crippen molar-refractivity contribution < 1.29 is 19.4 Å². The molecule has 0 aliphatic heterocycles. The van der Waals surface area contributed by atoms with Crippen LogP contribution in [0.5, 0.6) is 5.75 Å². The number of benzene rings is 1. The highest BCUT2D eigenvalue weighted by atomic mass is 16.5. The van der Waals surface area contributed by atoms with Gasteiger partial charge in [-0.1, -0.05) is 0 Å². The van der Waals surface area contributed by atoms with E-state index < -0.39 is 5.97 Å². The summed E-state index contributed by atoms with van der Waals surface area (Å²) >= 11 is 0. The first kappa shape index (κ1) is 16.0. The molecule has 0 aliphatic carbocycles. The van der Waals surface area contributed by atoms with E-state index in [1.165, 1.54) is 24.3 Å². The zero-order chi connectivity index (χ0) is 15.0. The molecule has 5 heteroatoms. The average Bonchev–Trinajstić information content (AvgIpc) is 2.45. The number of carbonyl (C=O) groups excluding carboxylic acids is 2. The summed E-state index contributed by atoms with van der Waals surface area (Å²) in [6, 6.07) is 5.86. The maximum Gasteiger partial charge on any atom is 0.338 e. The Morgan fingerprint density at radius 3 is 2.30 bits per heavy atom. The number of esters is 1. The minimum Gasteiger partial charge on any atom is -0.508 e. The lowest BCUT2D eigenvalue weighted by molar-refractivity contribution is -0.131. The number of nitrogens with zero attached hydrogens (tertiary/aromatic N) is 1. The third-order valence-corrected chi connectivity index (χ3v) is 2.99. The van der Waals surface area contributed by atoms with Gasteiger partial charge < -0.3 is 14.7 Å². The van der Waals surface area contributed by atoms with Crippen molar-refractivity contribution in [1.82, 2.24) is 4.90 Å². The van der Waals surface area contributed by atoms with E-state index in [9.17, 15) is 9.59 Å². The Morgan fingerprint density at radius 2 is 1.75 bits per heavy atom. The summed E-state index contributed by atoms with van der Waals surface area (Å²) < 4.78 is 5.07. The Kier molecular flexibility index (Phi) is 6.56. The Hall–Kier alpha value is -2.04. The van der Waals surface area contributed by atoms with Gasteiger partial charge in [0.15, 0.2) is 0 Å². The van der Waals surface area contributed by atoms with Gasteiger partial charge in [-0.3, -0.25) is 4.79 Å². The number of phenols is 1. The Labute approximate surface area is 119 Å². The van der Waals surface area contributed by atoms with E-state index in [1.807, 2.05) is 13.8 Å². The van der Waals surface area contributed by atoms with Gasteiger partial charge in [-0.25, -0.2) is 4.79 Å². The first-order valence-electron chi connectivity index (χ1n) is 6.82. The first-order valence-corrected chi connectivity index (χ1v) is 6.82. The molecule has 1 rings (SSSR count). The molecule has 0 bridgehead atoms. The summed E-state index contributed by atoms with van der Waals surface area (Å²) in [7, 11) is 0. The SMILES string of the molecule is CCN(CC)C(=O)CCCOC(=O)c1ccc(O)cc1. The predicted octanol–water partition coefficient (Wildman–Crippen LogP) is 2.20. The first-order chi connectivity index (χ1) is 9.58. The zero-order valence-corrected chi connectivity index (χ0v) is 12.0. The van der Waals surface area contributed by atoms with Crippen molar-refractivity contribution in [2.24, 2.45) is 0 Å². The van der Waals surface area contributed by atoms with E-state index in [4.69, 9.17) is 9.84 Å². The van der Waals surface area contributed by atoms with Crippen molar-refractivity contribution in [2.75, 3.05) is 19.7 Å². The Balaban J connectivity index is 2.29. The van der Waals surface area contributed by atoms with Gasteiger partial charge in [0.2, 0.25) is 5.91 Å². The molecule has 0 spiro atoms. The molecule has 0 heterocycles. The largest absolute Gasteiger partial charge is 0.508 e. The van der Waals surface area contributed by atoms with Crippen LogP contribution in [-0.4, -0.2) is 41.6 Å². The third kappa shape index (κ3) is 4.91. The molecule has 20 heavy (non-hydrogen) atoms. The molecule has 0 aliphatic rings. The molecule has 110 valence electrons. The molecule has 0 fully saturated rings. The molecule has 1 aromatic rings. The highest BCUT2D eigenvalue weighted by molar-refractivity contribution is 5.89. The molecule has 1 aromatic carbocycles. The third-order valence-electron chi connectivity index (χ3n) is 2.99. The molecule has 0 unspecified atom stereocenters. The summed E-state index contributed by atoms with van der Waals surface area (Å²) in [5.74, 6) is -0.262. The molecule has 1 N–H and O–H groups in total. The van der Waals surface area contributed by atoms with E-state index in [2.05, 4.69) is 0 Å². The summed E-state index contributed by atoms with van der Waals surface area (Å²) in [5.41, 5.74) is 0.387. The van der Waals surface area contributed by atoms with Crippen LogP contribution < -0.4 is 0 Å². The molecule has 1 amide bonds. The molecule has 0 atom stereocenters. The molecular formula is C15H21NO4. The monoisotopic (exact) mass is 279 g/mol. The second kappa shape index (κ2) is 8.19. The quantitative estimate of drug-likeness (QED) is 0.614. The van der Waals surface area contributed by atoms with Crippen LogP contribution in [0.15, 0.2) is 24.3 Å². The summed E-state index contributed by atoms with van der Waals surface area (Å²) in [6.07, 6.45) is 0.893. The fourth-order valence-electron chi connectivity index (χ4n) is 1.80. The fraction of sp³-hybridized carbons (Fsp3) is 0.467. The molecule has 0 saturated carbocycles. The van der Waals surface area contributed by atoms with E-state index in [0.717, 1.165) is 0 Å². The van der Waals surface area contributed by atoms with Crippen LogP contribution in [-0.2, 0) is 9.53 Å². The molecule has 0 radical (unpaired) electrons. The van der Waals surface area contributed by atoms with Gasteiger partial charge >= 0.3 is 5.97 Å². The lowest BCUT2D eigenvalue weighted by Crippen LogP contribution is -2.30. The summed E-state index contributed by atoms with van der Waals surface area (Å²) in [5, 5.41) is 9.12. The van der Waals surface area contributed by atoms with Crippen molar-refractivity contribution >= 4 is 11.9 Å². The van der Waals surface area contributed by atoms with Crippen molar-refractivity contribution in [1.29, 1.82) is 0 Å². The summed E-state index contributed by atoms with van der Waals surface area (Å²) in [6.45, 7) is 5.48. The average molecular weight is 279 g/mol. The minimum atomic E-state index is -0.444. The van der Waals surface area contributed by atoms with Gasteiger partial charge in [0, 0.05) is 19.5 Å². The zero-order valence-electron chi connectivity index (χ0n) is 12.0. The topological polar surface area (TPSA) is 66.8 Å². The standard InChI is InChI=1S/C15H21NO4/c1-3-16(4-2)14(18)6-5-11-20-15(19)12-7-9-13(17)10-8-12/h7-10,17H,3-6,11H2,1-2H3. The normalized spacial score (nSPS) is 10.1. The smallest absolute Gasteiger partial charge is 0.338 e. The molecule has 0 aromatic heterocycles. The van der Waals surface area contributed by atoms with Crippen molar-refractivity contribution in [3.05, 3.63) is 29.8 Å². The number of phenolic OH excluding ortho intramolecular Hbond substituents is 1. The van der Waals surface area contributed by atoms with Crippen LogP contribution >= 0.6 is 0 Å². The fourth-order valence-corrected chi connectivity index (χ4v) is 1.80. The minimum absolute atomic E-state index is 0.0793. The van der Waals surface area contributed by atoms with E-state index in [1.54, 1.807) is 4.90 Å². The number of aromatic hydroxyl groups is 1. The van der Waals surface area contributed by atoms with Gasteiger partial charge in [-0.2, -0.15) is 0 Å². The highest BCUT2D eigenvalue weighted by Crippen LogP contribution is 2.10. The molecule has 0 saturated heterocycles. The summed E-state index contributed by atoms with van der Waals surface area (Å²) in [4.78, 5) is 25.1. The van der Waals surface area contributed by atoms with Crippen LogP contribution in [0.2, 0.25) is 0 Å². The van der Waals surface area contributed by atoms with E-state index >= 15 is 0 Å². The van der Waals surface area contributed by atoms with E-state index in [-0.39, 0.29) is 18.3 Å². The van der Waals surface area contributed by atoms with Gasteiger partial charge in [0.05, 0.1) is 12.2 Å². The lowest BCUT2D eigenvalue weighted by Gasteiger charge is -2.18. The maximum atomic E-state index is 11.7.